The number of rotatable bonds is 4. The van der Waals surface area contributed by atoms with Crippen molar-refractivity contribution in [3.63, 3.8) is 0 Å². The highest BCUT2D eigenvalue weighted by Crippen LogP contribution is 1.98. The Morgan fingerprint density at radius 1 is 1.14 bits per heavy atom. The lowest BCUT2D eigenvalue weighted by Gasteiger charge is -1.93. The zero-order valence-corrected chi connectivity index (χ0v) is 7.26. The fourth-order valence-corrected chi connectivity index (χ4v) is 0.528. The number of ether oxygens (including phenoxy) is 1. The number of carboxylic acid groups (broad SMARTS) is 2. The molecule has 0 aromatic heterocycles. The van der Waals surface area contributed by atoms with Gasteiger partial charge in [-0.15, -0.1) is 0 Å². The first-order valence-corrected chi connectivity index (χ1v) is 3.41. The van der Waals surface area contributed by atoms with E-state index >= 15 is 0 Å². The molecule has 0 aliphatic rings. The fraction of sp³-hybridized carbons (Fsp3) is 0.125. The Morgan fingerprint density at radius 3 is 2.07 bits per heavy atom. The number of hydrogen-bond acceptors (Lipinski definition) is 4. The maximum Gasteiger partial charge on any atom is 0.335 e. The first-order chi connectivity index (χ1) is 6.47. The molecular weight excluding hydrogens is 192 g/mol. The molecule has 0 amide bonds. The summed E-state index contributed by atoms with van der Waals surface area (Å²) in [6.07, 6.45) is 2.09. The zero-order chi connectivity index (χ0) is 11.1. The van der Waals surface area contributed by atoms with E-state index in [0.717, 1.165) is 13.2 Å². The van der Waals surface area contributed by atoms with Gasteiger partial charge in [0.2, 0.25) is 0 Å². The van der Waals surface area contributed by atoms with Crippen LogP contribution in [0.15, 0.2) is 23.8 Å². The second kappa shape index (κ2) is 5.52. The topological polar surface area (TPSA) is 101 Å². The van der Waals surface area contributed by atoms with Crippen molar-refractivity contribution in [2.75, 3.05) is 7.11 Å². The molecule has 0 aliphatic carbocycles. The number of carbonyl (C=O) groups is 3. The summed E-state index contributed by atoms with van der Waals surface area (Å²) in [5, 5.41) is 16.7. The van der Waals surface area contributed by atoms with Crippen molar-refractivity contribution < 1.29 is 29.3 Å². The molecule has 0 atom stereocenters. The number of carbonyl (C=O) groups excluding carboxylic acids is 1. The number of carboxylic acids is 2. The van der Waals surface area contributed by atoms with Gasteiger partial charge in [-0.3, -0.25) is 0 Å². The average molecular weight is 200 g/mol. The number of esters is 1. The molecule has 0 fully saturated rings. The number of methoxy groups -OCH3 is 1. The first kappa shape index (κ1) is 11.9. The second-order valence-electron chi connectivity index (χ2n) is 2.10. The van der Waals surface area contributed by atoms with E-state index in [0.29, 0.717) is 12.2 Å². The zero-order valence-electron chi connectivity index (χ0n) is 7.26. The monoisotopic (exact) mass is 200 g/mol. The Balaban J connectivity index is 4.78. The summed E-state index contributed by atoms with van der Waals surface area (Å²) >= 11 is 0. The van der Waals surface area contributed by atoms with Crippen molar-refractivity contribution in [3.05, 3.63) is 23.8 Å². The van der Waals surface area contributed by atoms with Crippen LogP contribution >= 0.6 is 0 Å². The molecule has 0 unspecified atom stereocenters. The van der Waals surface area contributed by atoms with E-state index in [-0.39, 0.29) is 0 Å². The molecule has 0 heterocycles. The van der Waals surface area contributed by atoms with Gasteiger partial charge in [0.15, 0.2) is 0 Å². The van der Waals surface area contributed by atoms with E-state index in [1.165, 1.54) is 0 Å². The predicted octanol–water partition coefficient (Wildman–Crippen LogP) is -0.189. The van der Waals surface area contributed by atoms with Crippen molar-refractivity contribution >= 4 is 17.9 Å². The third kappa shape index (κ3) is 4.70. The quantitative estimate of drug-likeness (QED) is 0.370. The van der Waals surface area contributed by atoms with Crippen LogP contribution in [0.1, 0.15) is 0 Å². The van der Waals surface area contributed by atoms with Gasteiger partial charge in [-0.25, -0.2) is 14.4 Å². The molecule has 0 aromatic rings. The Labute approximate surface area is 79.1 Å². The van der Waals surface area contributed by atoms with Crippen LogP contribution < -0.4 is 0 Å². The van der Waals surface area contributed by atoms with E-state index in [1.54, 1.807) is 0 Å². The van der Waals surface area contributed by atoms with Crippen LogP contribution in [0.25, 0.3) is 0 Å². The van der Waals surface area contributed by atoms with Crippen molar-refractivity contribution in [1.82, 2.24) is 0 Å². The van der Waals surface area contributed by atoms with Crippen LogP contribution in [0, 0.1) is 0 Å². The average Bonchev–Trinajstić information content (AvgIpc) is 2.10. The molecule has 2 N–H and O–H groups in total. The number of hydrogen-bond donors (Lipinski definition) is 2. The first-order valence-electron chi connectivity index (χ1n) is 3.41. The van der Waals surface area contributed by atoms with Crippen LogP contribution in [0.3, 0.4) is 0 Å². The number of aliphatic carboxylic acids is 2. The van der Waals surface area contributed by atoms with Gasteiger partial charge >= 0.3 is 17.9 Å². The standard InChI is InChI=1S/C8H8O6/c1-14-7(11)4-5(8(12)13)2-3-6(9)10/h2-4H,1H3,(H,9,10)(H,12,13)/b3-2+,5-4+. The molecule has 6 nitrogen and oxygen atoms in total. The van der Waals surface area contributed by atoms with E-state index < -0.39 is 23.5 Å². The summed E-state index contributed by atoms with van der Waals surface area (Å²) in [6.45, 7) is 0. The SMILES string of the molecule is COC(=O)/C=C(\C=C\C(=O)O)C(=O)O. The van der Waals surface area contributed by atoms with Crippen molar-refractivity contribution in [2.24, 2.45) is 0 Å². The molecule has 76 valence electrons. The maximum absolute atomic E-state index is 10.6. The molecule has 0 radical (unpaired) electrons. The van der Waals surface area contributed by atoms with Crippen LogP contribution in [0.2, 0.25) is 0 Å². The predicted molar refractivity (Wildman–Crippen MR) is 44.5 cm³/mol. The van der Waals surface area contributed by atoms with E-state index in [4.69, 9.17) is 10.2 Å². The Hall–Kier alpha value is -2.11. The smallest absolute Gasteiger partial charge is 0.335 e. The summed E-state index contributed by atoms with van der Waals surface area (Å²) in [6, 6.07) is 0. The normalized spacial score (nSPS) is 11.4. The highest BCUT2D eigenvalue weighted by atomic mass is 16.5. The van der Waals surface area contributed by atoms with Gasteiger partial charge < -0.3 is 14.9 Å². The van der Waals surface area contributed by atoms with Gasteiger partial charge in [-0.05, 0) is 6.08 Å². The summed E-state index contributed by atoms with van der Waals surface area (Å²) in [5.41, 5.74) is -0.459. The molecule has 0 saturated heterocycles. The van der Waals surface area contributed by atoms with Gasteiger partial charge in [0, 0.05) is 12.2 Å². The Bertz CT molecular complexity index is 312. The lowest BCUT2D eigenvalue weighted by atomic mass is 10.2. The third-order valence-electron chi connectivity index (χ3n) is 1.13. The van der Waals surface area contributed by atoms with Crippen LogP contribution in [0.5, 0.6) is 0 Å². The molecule has 0 rings (SSSR count). The molecule has 14 heavy (non-hydrogen) atoms. The molecule has 0 bridgehead atoms. The summed E-state index contributed by atoms with van der Waals surface area (Å²) in [7, 11) is 1.08. The molecule has 0 spiro atoms. The Kier molecular flexibility index (Phi) is 4.69. The van der Waals surface area contributed by atoms with Crippen LogP contribution in [-0.2, 0) is 19.1 Å². The molecular formula is C8H8O6. The van der Waals surface area contributed by atoms with Crippen molar-refractivity contribution in [1.29, 1.82) is 0 Å². The minimum Gasteiger partial charge on any atom is -0.478 e. The fourth-order valence-electron chi connectivity index (χ4n) is 0.528. The Morgan fingerprint density at radius 2 is 1.71 bits per heavy atom. The molecule has 0 aromatic carbocycles. The molecule has 0 saturated carbocycles. The third-order valence-corrected chi connectivity index (χ3v) is 1.13. The van der Waals surface area contributed by atoms with Crippen LogP contribution in [-0.4, -0.2) is 35.2 Å². The summed E-state index contributed by atoms with van der Waals surface area (Å²) in [4.78, 5) is 31.1. The molecule has 0 aliphatic heterocycles. The molecule has 6 heteroatoms. The van der Waals surface area contributed by atoms with E-state index in [1.807, 2.05) is 0 Å². The highest BCUT2D eigenvalue weighted by Gasteiger charge is 2.06. The van der Waals surface area contributed by atoms with Crippen molar-refractivity contribution in [3.8, 4) is 0 Å². The largest absolute Gasteiger partial charge is 0.478 e. The lowest BCUT2D eigenvalue weighted by Crippen LogP contribution is -2.04. The van der Waals surface area contributed by atoms with Gasteiger partial charge in [-0.1, -0.05) is 0 Å². The highest BCUT2D eigenvalue weighted by molar-refractivity contribution is 5.98. The summed E-state index contributed by atoms with van der Waals surface area (Å²) in [5.74, 6) is -3.58. The van der Waals surface area contributed by atoms with Gasteiger partial charge in [-0.2, -0.15) is 0 Å². The second-order valence-corrected chi connectivity index (χ2v) is 2.10. The van der Waals surface area contributed by atoms with Crippen molar-refractivity contribution in [2.45, 2.75) is 0 Å². The minimum absolute atomic E-state index is 0.459. The van der Waals surface area contributed by atoms with E-state index in [2.05, 4.69) is 4.74 Å². The van der Waals surface area contributed by atoms with Gasteiger partial charge in [0.25, 0.3) is 0 Å². The van der Waals surface area contributed by atoms with Gasteiger partial charge in [0.05, 0.1) is 12.7 Å². The maximum atomic E-state index is 10.6. The lowest BCUT2D eigenvalue weighted by molar-refractivity contribution is -0.136. The summed E-state index contributed by atoms with van der Waals surface area (Å²) < 4.78 is 4.18. The van der Waals surface area contributed by atoms with E-state index in [9.17, 15) is 14.4 Å². The minimum atomic E-state index is -1.41. The van der Waals surface area contributed by atoms with Crippen LogP contribution in [0.4, 0.5) is 0 Å². The van der Waals surface area contributed by atoms with Gasteiger partial charge in [0.1, 0.15) is 0 Å².